The van der Waals surface area contributed by atoms with Crippen molar-refractivity contribution in [2.45, 2.75) is 0 Å². The summed E-state index contributed by atoms with van der Waals surface area (Å²) in [4.78, 5) is 12.3. The first-order chi connectivity index (χ1) is 9.65. The summed E-state index contributed by atoms with van der Waals surface area (Å²) in [5.41, 5.74) is 3.88. The maximum Gasteiger partial charge on any atom is 0.257 e. The number of nitrogens with one attached hydrogen (secondary N) is 2. The van der Waals surface area contributed by atoms with Crippen LogP contribution in [0.1, 0.15) is 10.4 Å². The minimum atomic E-state index is -0.329. The van der Waals surface area contributed by atoms with Crippen molar-refractivity contribution in [1.29, 1.82) is 0 Å². The number of nitrogen functional groups attached to an aromatic ring is 1. The Hall–Kier alpha value is -2.24. The molecule has 20 heavy (non-hydrogen) atoms. The van der Waals surface area contributed by atoms with E-state index in [2.05, 4.69) is 10.7 Å². The summed E-state index contributed by atoms with van der Waals surface area (Å²) >= 11 is 5.91. The monoisotopic (exact) mass is 291 g/mol. The lowest BCUT2D eigenvalue weighted by atomic mass is 10.1. The van der Waals surface area contributed by atoms with Crippen LogP contribution in [-0.4, -0.2) is 13.0 Å². The first kappa shape index (κ1) is 14.2. The molecule has 1 amide bonds. The maximum atomic E-state index is 12.3. The van der Waals surface area contributed by atoms with Crippen LogP contribution in [0, 0.1) is 0 Å². The second-order valence-electron chi connectivity index (χ2n) is 3.99. The number of halogens is 1. The number of ether oxygens (including phenoxy) is 1. The Morgan fingerprint density at radius 2 is 1.95 bits per heavy atom. The topological polar surface area (TPSA) is 76.4 Å². The molecule has 0 bridgehead atoms. The van der Waals surface area contributed by atoms with Crippen LogP contribution in [0.5, 0.6) is 5.75 Å². The molecule has 0 aromatic heterocycles. The lowest BCUT2D eigenvalue weighted by Crippen LogP contribution is -2.17. The Bertz CT molecular complexity index is 632. The molecular formula is C14H14ClN3O2. The molecule has 6 heteroatoms. The summed E-state index contributed by atoms with van der Waals surface area (Å²) in [7, 11) is 1.54. The normalized spacial score (nSPS) is 9.95. The Labute approximate surface area is 121 Å². The van der Waals surface area contributed by atoms with Gasteiger partial charge < -0.3 is 15.5 Å². The van der Waals surface area contributed by atoms with Crippen LogP contribution in [0.3, 0.4) is 0 Å². The third-order valence-electron chi connectivity index (χ3n) is 2.74. The van der Waals surface area contributed by atoms with Crippen molar-refractivity contribution in [2.75, 3.05) is 17.9 Å². The van der Waals surface area contributed by atoms with E-state index in [4.69, 9.17) is 22.2 Å². The molecule has 104 valence electrons. The van der Waals surface area contributed by atoms with Gasteiger partial charge in [-0.25, -0.2) is 0 Å². The number of para-hydroxylation sites is 2. The predicted molar refractivity (Wildman–Crippen MR) is 80.2 cm³/mol. The Morgan fingerprint density at radius 3 is 2.65 bits per heavy atom. The zero-order valence-electron chi connectivity index (χ0n) is 10.8. The van der Waals surface area contributed by atoms with Crippen molar-refractivity contribution in [2.24, 2.45) is 5.84 Å². The number of anilines is 2. The predicted octanol–water partition coefficient (Wildman–Crippen LogP) is 2.89. The van der Waals surface area contributed by atoms with Gasteiger partial charge in [0.15, 0.2) is 0 Å². The van der Waals surface area contributed by atoms with E-state index in [9.17, 15) is 4.79 Å². The number of benzene rings is 2. The number of rotatable bonds is 4. The summed E-state index contributed by atoms with van der Waals surface area (Å²) in [5, 5.41) is 3.21. The van der Waals surface area contributed by atoms with E-state index in [1.54, 1.807) is 36.4 Å². The highest BCUT2D eigenvalue weighted by Crippen LogP contribution is 2.26. The van der Waals surface area contributed by atoms with Crippen molar-refractivity contribution in [1.82, 2.24) is 0 Å². The summed E-state index contributed by atoms with van der Waals surface area (Å²) in [6.45, 7) is 0. The fourth-order valence-electron chi connectivity index (χ4n) is 1.77. The number of hydrogen-bond donors (Lipinski definition) is 3. The van der Waals surface area contributed by atoms with Gasteiger partial charge in [-0.05, 0) is 30.3 Å². The first-order valence-electron chi connectivity index (χ1n) is 5.86. The molecule has 2 aromatic rings. The van der Waals surface area contributed by atoms with E-state index in [1.807, 2.05) is 6.07 Å². The average Bonchev–Trinajstić information content (AvgIpc) is 2.47. The minimum absolute atomic E-state index is 0.329. The quantitative estimate of drug-likeness (QED) is 0.598. The fourth-order valence-corrected chi connectivity index (χ4v) is 1.94. The summed E-state index contributed by atoms with van der Waals surface area (Å²) in [5.74, 6) is 5.64. The van der Waals surface area contributed by atoms with E-state index >= 15 is 0 Å². The van der Waals surface area contributed by atoms with Gasteiger partial charge in [0, 0.05) is 5.02 Å². The SMILES string of the molecule is COc1ccccc1NC(=O)c1cc(Cl)ccc1NN. The van der Waals surface area contributed by atoms with Crippen molar-refractivity contribution in [3.63, 3.8) is 0 Å². The standard InChI is InChI=1S/C14H14ClN3O2/c1-20-13-5-3-2-4-12(13)17-14(19)10-8-9(15)6-7-11(10)18-16/h2-8,18H,16H2,1H3,(H,17,19). The zero-order valence-corrected chi connectivity index (χ0v) is 11.6. The van der Waals surface area contributed by atoms with Crippen molar-refractivity contribution < 1.29 is 9.53 Å². The highest BCUT2D eigenvalue weighted by molar-refractivity contribution is 6.31. The molecule has 0 aliphatic rings. The van der Waals surface area contributed by atoms with Gasteiger partial charge in [-0.2, -0.15) is 0 Å². The number of hydrazine groups is 1. The van der Waals surface area contributed by atoms with E-state index in [0.29, 0.717) is 27.7 Å². The lowest BCUT2D eigenvalue weighted by molar-refractivity contribution is 0.102. The molecular weight excluding hydrogens is 278 g/mol. The van der Waals surface area contributed by atoms with Crippen LogP contribution in [0.25, 0.3) is 0 Å². The van der Waals surface area contributed by atoms with Crippen LogP contribution in [-0.2, 0) is 0 Å². The van der Waals surface area contributed by atoms with Crippen LogP contribution < -0.4 is 21.3 Å². The van der Waals surface area contributed by atoms with Gasteiger partial charge in [-0.3, -0.25) is 10.6 Å². The highest BCUT2D eigenvalue weighted by atomic mass is 35.5. The molecule has 0 atom stereocenters. The highest BCUT2D eigenvalue weighted by Gasteiger charge is 2.13. The number of methoxy groups -OCH3 is 1. The number of amides is 1. The smallest absolute Gasteiger partial charge is 0.257 e. The van der Waals surface area contributed by atoms with Crippen LogP contribution in [0.2, 0.25) is 5.02 Å². The van der Waals surface area contributed by atoms with Crippen molar-refractivity contribution >= 4 is 28.9 Å². The van der Waals surface area contributed by atoms with Crippen LogP contribution >= 0.6 is 11.6 Å². The Balaban J connectivity index is 2.30. The molecule has 0 radical (unpaired) electrons. The van der Waals surface area contributed by atoms with E-state index < -0.39 is 0 Å². The third-order valence-corrected chi connectivity index (χ3v) is 2.97. The fraction of sp³-hybridized carbons (Fsp3) is 0.0714. The number of nitrogens with two attached hydrogens (primary N) is 1. The average molecular weight is 292 g/mol. The summed E-state index contributed by atoms with van der Waals surface area (Å²) in [6.07, 6.45) is 0. The molecule has 0 fully saturated rings. The number of carbonyl (C=O) groups excluding carboxylic acids is 1. The lowest BCUT2D eigenvalue weighted by Gasteiger charge is -2.12. The van der Waals surface area contributed by atoms with Crippen LogP contribution in [0.15, 0.2) is 42.5 Å². The molecule has 0 aliphatic carbocycles. The number of hydrogen-bond acceptors (Lipinski definition) is 4. The molecule has 5 nitrogen and oxygen atoms in total. The third kappa shape index (κ3) is 3.01. The van der Waals surface area contributed by atoms with E-state index in [1.165, 1.54) is 7.11 Å². The summed E-state index contributed by atoms with van der Waals surface area (Å²) in [6, 6.07) is 12.0. The molecule has 0 saturated carbocycles. The van der Waals surface area contributed by atoms with E-state index in [0.717, 1.165) is 0 Å². The van der Waals surface area contributed by atoms with Gasteiger partial charge in [0.1, 0.15) is 5.75 Å². The molecule has 2 rings (SSSR count). The molecule has 0 unspecified atom stereocenters. The number of carbonyl (C=O) groups is 1. The maximum absolute atomic E-state index is 12.3. The summed E-state index contributed by atoms with van der Waals surface area (Å²) < 4.78 is 5.18. The largest absolute Gasteiger partial charge is 0.495 e. The molecule has 4 N–H and O–H groups in total. The second-order valence-corrected chi connectivity index (χ2v) is 4.43. The van der Waals surface area contributed by atoms with Gasteiger partial charge in [-0.15, -0.1) is 0 Å². The first-order valence-corrected chi connectivity index (χ1v) is 6.24. The molecule has 0 heterocycles. The van der Waals surface area contributed by atoms with Gasteiger partial charge in [-0.1, -0.05) is 23.7 Å². The van der Waals surface area contributed by atoms with Gasteiger partial charge in [0.25, 0.3) is 5.91 Å². The second kappa shape index (κ2) is 6.27. The van der Waals surface area contributed by atoms with Gasteiger partial charge in [0.05, 0.1) is 24.0 Å². The Kier molecular flexibility index (Phi) is 4.45. The zero-order chi connectivity index (χ0) is 14.5. The van der Waals surface area contributed by atoms with Crippen molar-refractivity contribution in [3.8, 4) is 5.75 Å². The van der Waals surface area contributed by atoms with E-state index in [-0.39, 0.29) is 5.91 Å². The van der Waals surface area contributed by atoms with Crippen LogP contribution in [0.4, 0.5) is 11.4 Å². The molecule has 0 spiro atoms. The molecule has 0 saturated heterocycles. The molecule has 0 aliphatic heterocycles. The minimum Gasteiger partial charge on any atom is -0.495 e. The Morgan fingerprint density at radius 1 is 1.20 bits per heavy atom. The van der Waals surface area contributed by atoms with Gasteiger partial charge in [0.2, 0.25) is 0 Å². The molecule has 2 aromatic carbocycles. The van der Waals surface area contributed by atoms with Gasteiger partial charge >= 0.3 is 0 Å². The van der Waals surface area contributed by atoms with Crippen molar-refractivity contribution in [3.05, 3.63) is 53.1 Å².